The zero-order valence-electron chi connectivity index (χ0n) is 10.9. The second-order valence-electron chi connectivity index (χ2n) is 4.24. The quantitative estimate of drug-likeness (QED) is 0.461. The summed E-state index contributed by atoms with van der Waals surface area (Å²) in [6.45, 7) is 3.35. The molecule has 0 radical (unpaired) electrons. The average Bonchev–Trinajstić information content (AvgIpc) is 2.34. The van der Waals surface area contributed by atoms with Crippen LogP contribution in [0, 0.1) is 24.0 Å². The van der Waals surface area contributed by atoms with Crippen LogP contribution in [0.25, 0.3) is 0 Å². The van der Waals surface area contributed by atoms with Crippen LogP contribution in [-0.4, -0.2) is 14.9 Å². The predicted octanol–water partition coefficient (Wildman–Crippen LogP) is 4.81. The van der Waals surface area contributed by atoms with Gasteiger partial charge in [0.15, 0.2) is 0 Å². The molecule has 6 nitrogen and oxygen atoms in total. The molecule has 0 atom stereocenters. The fraction of sp³-hybridized carbons (Fsp3) is 0.167. The number of aryl methyl sites for hydroxylation is 2. The largest absolute Gasteiger partial charge is 0.333 e. The fourth-order valence-corrected chi connectivity index (χ4v) is 2.64. The van der Waals surface area contributed by atoms with E-state index in [0.717, 1.165) is 5.56 Å². The Balaban J connectivity index is 2.54. The smallest absolute Gasteiger partial charge is 0.332 e. The van der Waals surface area contributed by atoms with Gasteiger partial charge in [0.25, 0.3) is 0 Å². The van der Waals surface area contributed by atoms with Gasteiger partial charge < -0.3 is 5.32 Å². The molecule has 1 N–H and O–H groups in total. The Hall–Kier alpha value is -1.44. The molecule has 2 aromatic rings. The van der Waals surface area contributed by atoms with Crippen LogP contribution in [0.3, 0.4) is 0 Å². The van der Waals surface area contributed by atoms with Crippen molar-refractivity contribution in [2.24, 2.45) is 0 Å². The molecular weight excluding hydrogens is 383 g/mol. The minimum Gasteiger partial charge on any atom is -0.333 e. The third-order valence-electron chi connectivity index (χ3n) is 2.71. The van der Waals surface area contributed by atoms with Crippen molar-refractivity contribution in [3.8, 4) is 0 Å². The summed E-state index contributed by atoms with van der Waals surface area (Å²) in [5.41, 5.74) is 1.36. The van der Waals surface area contributed by atoms with Crippen molar-refractivity contribution in [1.82, 2.24) is 9.97 Å². The lowest BCUT2D eigenvalue weighted by atomic mass is 10.2. The number of anilines is 2. The number of hydrogen-bond acceptors (Lipinski definition) is 5. The molecule has 21 heavy (non-hydrogen) atoms. The zero-order valence-corrected chi connectivity index (χ0v) is 14.0. The van der Waals surface area contributed by atoms with Crippen molar-refractivity contribution in [3.63, 3.8) is 0 Å². The Morgan fingerprint density at radius 1 is 1.29 bits per heavy atom. The third kappa shape index (κ3) is 3.42. The number of nitrogens with zero attached hydrogens (tertiary/aromatic N) is 3. The molecule has 0 saturated carbocycles. The molecule has 9 heteroatoms. The highest BCUT2D eigenvalue weighted by molar-refractivity contribution is 9.10. The normalized spacial score (nSPS) is 10.5. The van der Waals surface area contributed by atoms with Crippen LogP contribution in [0.5, 0.6) is 0 Å². The van der Waals surface area contributed by atoms with Gasteiger partial charge in [0, 0.05) is 9.50 Å². The maximum Gasteiger partial charge on any atom is 0.332 e. The summed E-state index contributed by atoms with van der Waals surface area (Å²) < 4.78 is 0.700. The van der Waals surface area contributed by atoms with E-state index in [0.29, 0.717) is 15.2 Å². The highest BCUT2D eigenvalue weighted by Crippen LogP contribution is 2.34. The first-order valence-electron chi connectivity index (χ1n) is 5.70. The van der Waals surface area contributed by atoms with Gasteiger partial charge in [-0.2, -0.15) is 4.98 Å². The SMILES string of the molecule is Cc1cc(Br)c(Nc2nc(Cl)nc(C)c2[N+](=O)[O-])cc1Cl. The molecule has 0 unspecified atom stereocenters. The molecule has 0 aliphatic rings. The van der Waals surface area contributed by atoms with Crippen molar-refractivity contribution >= 4 is 56.3 Å². The molecule has 0 bridgehead atoms. The zero-order chi connectivity index (χ0) is 15.7. The predicted molar refractivity (Wildman–Crippen MR) is 85.6 cm³/mol. The maximum absolute atomic E-state index is 11.2. The van der Waals surface area contributed by atoms with E-state index in [1.165, 1.54) is 6.92 Å². The summed E-state index contributed by atoms with van der Waals surface area (Å²) in [6, 6.07) is 3.45. The molecule has 110 valence electrons. The van der Waals surface area contributed by atoms with Crippen molar-refractivity contribution < 1.29 is 4.92 Å². The summed E-state index contributed by atoms with van der Waals surface area (Å²) in [5.74, 6) is 0.0121. The molecule has 0 aliphatic carbocycles. The summed E-state index contributed by atoms with van der Waals surface area (Å²) in [6.07, 6.45) is 0. The number of rotatable bonds is 3. The molecule has 0 saturated heterocycles. The number of nitrogens with one attached hydrogen (secondary N) is 1. The van der Waals surface area contributed by atoms with Crippen molar-refractivity contribution in [3.05, 3.63) is 48.3 Å². The van der Waals surface area contributed by atoms with E-state index in [1.807, 2.05) is 6.92 Å². The van der Waals surface area contributed by atoms with E-state index in [2.05, 4.69) is 31.2 Å². The van der Waals surface area contributed by atoms with E-state index >= 15 is 0 Å². The maximum atomic E-state index is 11.2. The van der Waals surface area contributed by atoms with Gasteiger partial charge in [-0.05, 0) is 59.1 Å². The van der Waals surface area contributed by atoms with Crippen LogP contribution >= 0.6 is 39.1 Å². The minimum absolute atomic E-state index is 0.0121. The van der Waals surface area contributed by atoms with Gasteiger partial charge in [-0.15, -0.1) is 0 Å². The topological polar surface area (TPSA) is 81.0 Å². The van der Waals surface area contributed by atoms with Crippen LogP contribution in [0.1, 0.15) is 11.3 Å². The number of aromatic nitrogens is 2. The van der Waals surface area contributed by atoms with Gasteiger partial charge in [0.2, 0.25) is 11.1 Å². The lowest BCUT2D eigenvalue weighted by Gasteiger charge is -2.11. The highest BCUT2D eigenvalue weighted by atomic mass is 79.9. The molecule has 0 aliphatic heterocycles. The number of halogens is 3. The first-order chi connectivity index (χ1) is 9.79. The number of nitro groups is 1. The van der Waals surface area contributed by atoms with Crippen LogP contribution in [0.15, 0.2) is 16.6 Å². The van der Waals surface area contributed by atoms with Gasteiger partial charge in [0.05, 0.1) is 10.6 Å². The Morgan fingerprint density at radius 2 is 1.95 bits per heavy atom. The van der Waals surface area contributed by atoms with Crippen molar-refractivity contribution in [2.75, 3.05) is 5.32 Å². The van der Waals surface area contributed by atoms with Gasteiger partial charge in [0.1, 0.15) is 5.69 Å². The minimum atomic E-state index is -0.558. The monoisotopic (exact) mass is 390 g/mol. The van der Waals surface area contributed by atoms with Gasteiger partial charge in [-0.1, -0.05) is 11.6 Å². The fourth-order valence-electron chi connectivity index (χ4n) is 1.71. The molecule has 0 amide bonds. The lowest BCUT2D eigenvalue weighted by molar-refractivity contribution is -0.385. The summed E-state index contributed by atoms with van der Waals surface area (Å²) >= 11 is 15.2. The average molecular weight is 392 g/mol. The van der Waals surface area contributed by atoms with Crippen LogP contribution in [-0.2, 0) is 0 Å². The standard InChI is InChI=1S/C12H9BrCl2N4O2/c1-5-3-7(13)9(4-8(5)14)17-11-10(19(20)21)6(2)16-12(15)18-11/h3-4H,1-2H3,(H,16,17,18). The second kappa shape index (κ2) is 6.13. The Kier molecular flexibility index (Phi) is 4.65. The van der Waals surface area contributed by atoms with E-state index in [1.54, 1.807) is 12.1 Å². The molecular formula is C12H9BrCl2N4O2. The molecule has 1 aromatic carbocycles. The molecule has 2 rings (SSSR count). The summed E-state index contributed by atoms with van der Waals surface area (Å²) in [5, 5.41) is 14.5. The molecule has 1 heterocycles. The van der Waals surface area contributed by atoms with Gasteiger partial charge in [-0.3, -0.25) is 10.1 Å². The first kappa shape index (κ1) is 15.9. The van der Waals surface area contributed by atoms with E-state index in [-0.39, 0.29) is 22.5 Å². The van der Waals surface area contributed by atoms with Crippen molar-refractivity contribution in [1.29, 1.82) is 0 Å². The number of benzene rings is 1. The molecule has 0 spiro atoms. The Bertz CT molecular complexity index is 740. The Morgan fingerprint density at radius 3 is 2.57 bits per heavy atom. The van der Waals surface area contributed by atoms with E-state index in [4.69, 9.17) is 23.2 Å². The highest BCUT2D eigenvalue weighted by Gasteiger charge is 2.22. The van der Waals surface area contributed by atoms with E-state index < -0.39 is 4.92 Å². The van der Waals surface area contributed by atoms with Gasteiger partial charge >= 0.3 is 5.69 Å². The van der Waals surface area contributed by atoms with Crippen LogP contribution in [0.4, 0.5) is 17.2 Å². The Labute approximate surface area is 138 Å². The van der Waals surface area contributed by atoms with E-state index in [9.17, 15) is 10.1 Å². The summed E-state index contributed by atoms with van der Waals surface area (Å²) in [4.78, 5) is 18.3. The molecule has 0 fully saturated rings. The lowest BCUT2D eigenvalue weighted by Crippen LogP contribution is -2.04. The van der Waals surface area contributed by atoms with Crippen LogP contribution in [0.2, 0.25) is 10.3 Å². The van der Waals surface area contributed by atoms with Crippen LogP contribution < -0.4 is 5.32 Å². The number of hydrogen-bond donors (Lipinski definition) is 1. The molecule has 1 aromatic heterocycles. The third-order valence-corrected chi connectivity index (χ3v) is 3.95. The first-order valence-corrected chi connectivity index (χ1v) is 7.25. The summed E-state index contributed by atoms with van der Waals surface area (Å²) in [7, 11) is 0. The second-order valence-corrected chi connectivity index (χ2v) is 5.84. The van der Waals surface area contributed by atoms with Gasteiger partial charge in [-0.25, -0.2) is 4.98 Å². The van der Waals surface area contributed by atoms with Crippen molar-refractivity contribution in [2.45, 2.75) is 13.8 Å².